The van der Waals surface area contributed by atoms with Gasteiger partial charge in [-0.15, -0.1) is 0 Å². The number of rotatable bonds is 2. The van der Waals surface area contributed by atoms with Crippen LogP contribution < -0.4 is 9.47 Å². The van der Waals surface area contributed by atoms with Crippen LogP contribution in [0.25, 0.3) is 16.2 Å². The van der Waals surface area contributed by atoms with Crippen LogP contribution >= 0.6 is 11.3 Å². The number of carboxylic acids is 1. The molecule has 3 aromatic rings. The molecule has 4 rings (SSSR count). The molecule has 0 bridgehead atoms. The maximum absolute atomic E-state index is 13.2. The summed E-state index contributed by atoms with van der Waals surface area (Å²) in [4.78, 5) is 14.3. The molecule has 0 saturated carbocycles. The molecule has 1 aromatic carbocycles. The summed E-state index contributed by atoms with van der Waals surface area (Å²) in [5.74, 6) is -0.613. The van der Waals surface area contributed by atoms with E-state index in [1.807, 2.05) is 0 Å². The number of carboxylic acid groups (broad SMARTS) is 1. The highest BCUT2D eigenvalue weighted by atomic mass is 32.1. The standard InChI is InChI=1S/C14H7F3N2O4S/c15-14(16,17)11-10(12(20)21)24-13-18-7(4-19(11)13)6-1-2-8-9(3-6)23-5-22-8/h1-4H,5H2,(H,20,21). The topological polar surface area (TPSA) is 73.1 Å². The zero-order chi connectivity index (χ0) is 17.1. The Kier molecular flexibility index (Phi) is 3.01. The predicted octanol–water partition coefficient (Wildman–Crippen LogP) is 3.51. The van der Waals surface area contributed by atoms with Crippen LogP contribution in [-0.2, 0) is 6.18 Å². The van der Waals surface area contributed by atoms with Gasteiger partial charge in [-0.1, -0.05) is 11.3 Å². The lowest BCUT2D eigenvalue weighted by Crippen LogP contribution is -2.13. The van der Waals surface area contributed by atoms with Crippen molar-refractivity contribution in [2.24, 2.45) is 0 Å². The number of hydrogen-bond acceptors (Lipinski definition) is 5. The van der Waals surface area contributed by atoms with Crippen molar-refractivity contribution < 1.29 is 32.5 Å². The molecule has 124 valence electrons. The number of imidazole rings is 1. The van der Waals surface area contributed by atoms with Crippen LogP contribution in [0, 0.1) is 0 Å². The van der Waals surface area contributed by atoms with Gasteiger partial charge in [-0.05, 0) is 18.2 Å². The third kappa shape index (κ3) is 2.18. The predicted molar refractivity (Wildman–Crippen MR) is 76.6 cm³/mol. The smallest absolute Gasteiger partial charge is 0.433 e. The number of alkyl halides is 3. The fourth-order valence-electron chi connectivity index (χ4n) is 2.45. The first kappa shape index (κ1) is 14.8. The van der Waals surface area contributed by atoms with E-state index < -0.39 is 22.7 Å². The van der Waals surface area contributed by atoms with Crippen LogP contribution in [0.2, 0.25) is 0 Å². The van der Waals surface area contributed by atoms with E-state index in [0.717, 1.165) is 4.40 Å². The first-order valence-corrected chi connectivity index (χ1v) is 7.38. The summed E-state index contributed by atoms with van der Waals surface area (Å²) in [6, 6.07) is 4.89. The highest BCUT2D eigenvalue weighted by Gasteiger charge is 2.40. The van der Waals surface area contributed by atoms with Crippen LogP contribution in [0.3, 0.4) is 0 Å². The van der Waals surface area contributed by atoms with E-state index in [-0.39, 0.29) is 17.4 Å². The molecule has 0 spiro atoms. The minimum absolute atomic E-state index is 0.0487. The van der Waals surface area contributed by atoms with Crippen molar-refractivity contribution >= 4 is 22.3 Å². The third-order valence-electron chi connectivity index (χ3n) is 3.45. The molecule has 0 unspecified atom stereocenters. The monoisotopic (exact) mass is 356 g/mol. The van der Waals surface area contributed by atoms with Gasteiger partial charge in [0.1, 0.15) is 4.88 Å². The summed E-state index contributed by atoms with van der Waals surface area (Å²) in [5.41, 5.74) is -0.420. The van der Waals surface area contributed by atoms with Gasteiger partial charge in [0.15, 0.2) is 22.2 Å². The van der Waals surface area contributed by atoms with Crippen LogP contribution in [0.1, 0.15) is 15.4 Å². The number of fused-ring (bicyclic) bond motifs is 2. The summed E-state index contributed by atoms with van der Waals surface area (Å²) >= 11 is 0.476. The molecule has 1 aliphatic rings. The molecule has 10 heteroatoms. The Bertz CT molecular complexity index is 976. The van der Waals surface area contributed by atoms with E-state index in [2.05, 4.69) is 4.98 Å². The maximum Gasteiger partial charge on any atom is 0.433 e. The summed E-state index contributed by atoms with van der Waals surface area (Å²) in [6.45, 7) is 0.0806. The molecule has 24 heavy (non-hydrogen) atoms. The van der Waals surface area contributed by atoms with Crippen molar-refractivity contribution in [2.45, 2.75) is 6.18 Å². The number of ether oxygens (including phenoxy) is 2. The molecule has 0 aliphatic carbocycles. The molecular weight excluding hydrogens is 349 g/mol. The average molecular weight is 356 g/mol. The molecule has 0 fully saturated rings. The van der Waals surface area contributed by atoms with Crippen molar-refractivity contribution in [3.63, 3.8) is 0 Å². The molecule has 1 aliphatic heterocycles. The molecule has 3 heterocycles. The Morgan fingerprint density at radius 1 is 1.29 bits per heavy atom. The Morgan fingerprint density at radius 2 is 2.04 bits per heavy atom. The van der Waals surface area contributed by atoms with Gasteiger partial charge in [0, 0.05) is 11.8 Å². The Balaban J connectivity index is 1.88. The molecule has 0 saturated heterocycles. The Morgan fingerprint density at radius 3 is 2.75 bits per heavy atom. The second-order valence-electron chi connectivity index (χ2n) is 4.93. The fraction of sp³-hybridized carbons (Fsp3) is 0.143. The van der Waals surface area contributed by atoms with E-state index in [9.17, 15) is 18.0 Å². The van der Waals surface area contributed by atoms with Crippen LogP contribution in [-0.4, -0.2) is 27.3 Å². The zero-order valence-electron chi connectivity index (χ0n) is 11.6. The van der Waals surface area contributed by atoms with E-state index in [4.69, 9.17) is 14.6 Å². The number of aromatic nitrogens is 2. The lowest BCUT2D eigenvalue weighted by Gasteiger charge is -2.06. The van der Waals surface area contributed by atoms with Gasteiger partial charge in [-0.2, -0.15) is 13.2 Å². The summed E-state index contributed by atoms with van der Waals surface area (Å²) in [6.07, 6.45) is -3.64. The highest BCUT2D eigenvalue weighted by Crippen LogP contribution is 2.39. The van der Waals surface area contributed by atoms with Gasteiger partial charge >= 0.3 is 12.1 Å². The Hall–Kier alpha value is -2.75. The van der Waals surface area contributed by atoms with Crippen molar-refractivity contribution in [3.8, 4) is 22.8 Å². The summed E-state index contributed by atoms with van der Waals surface area (Å²) in [5, 5.41) is 8.98. The second-order valence-corrected chi connectivity index (χ2v) is 5.91. The second kappa shape index (κ2) is 4.87. The SMILES string of the molecule is O=C(O)c1sc2nc(-c3ccc4c(c3)OCO4)cn2c1C(F)(F)F. The first-order valence-electron chi connectivity index (χ1n) is 6.57. The lowest BCUT2D eigenvalue weighted by molar-refractivity contribution is -0.142. The van der Waals surface area contributed by atoms with Gasteiger partial charge in [-0.25, -0.2) is 9.78 Å². The number of carbonyl (C=O) groups is 1. The third-order valence-corrected chi connectivity index (χ3v) is 4.50. The number of nitrogens with zero attached hydrogens (tertiary/aromatic N) is 2. The maximum atomic E-state index is 13.2. The number of halogens is 3. The summed E-state index contributed by atoms with van der Waals surface area (Å²) in [7, 11) is 0. The van der Waals surface area contributed by atoms with Crippen molar-refractivity contribution in [1.82, 2.24) is 9.38 Å². The van der Waals surface area contributed by atoms with Gasteiger partial charge < -0.3 is 14.6 Å². The number of hydrogen-bond donors (Lipinski definition) is 1. The van der Waals surface area contributed by atoms with E-state index in [1.54, 1.807) is 18.2 Å². The molecule has 0 radical (unpaired) electrons. The van der Waals surface area contributed by atoms with Gasteiger partial charge in [0.25, 0.3) is 0 Å². The average Bonchev–Trinajstić information content (AvgIpc) is 3.17. The van der Waals surface area contributed by atoms with Crippen LogP contribution in [0.15, 0.2) is 24.4 Å². The molecule has 2 aromatic heterocycles. The van der Waals surface area contributed by atoms with Gasteiger partial charge in [0.05, 0.1) is 5.69 Å². The quantitative estimate of drug-likeness (QED) is 0.761. The van der Waals surface area contributed by atoms with E-state index >= 15 is 0 Å². The summed E-state index contributed by atoms with van der Waals surface area (Å²) < 4.78 is 50.8. The van der Waals surface area contributed by atoms with Crippen molar-refractivity contribution in [2.75, 3.05) is 6.79 Å². The van der Waals surface area contributed by atoms with E-state index in [0.29, 0.717) is 28.4 Å². The number of aromatic carboxylic acids is 1. The van der Waals surface area contributed by atoms with E-state index in [1.165, 1.54) is 6.20 Å². The molecule has 6 nitrogen and oxygen atoms in total. The fourth-order valence-corrected chi connectivity index (χ4v) is 3.42. The largest absolute Gasteiger partial charge is 0.477 e. The zero-order valence-corrected chi connectivity index (χ0v) is 12.4. The normalized spacial score (nSPS) is 13.6. The lowest BCUT2D eigenvalue weighted by atomic mass is 10.1. The van der Waals surface area contributed by atoms with Crippen LogP contribution in [0.4, 0.5) is 13.2 Å². The highest BCUT2D eigenvalue weighted by molar-refractivity contribution is 7.19. The van der Waals surface area contributed by atoms with Crippen molar-refractivity contribution in [1.29, 1.82) is 0 Å². The van der Waals surface area contributed by atoms with Crippen molar-refractivity contribution in [3.05, 3.63) is 35.0 Å². The minimum Gasteiger partial charge on any atom is -0.477 e. The van der Waals surface area contributed by atoms with Crippen LogP contribution in [0.5, 0.6) is 11.5 Å². The van der Waals surface area contributed by atoms with Gasteiger partial charge in [0.2, 0.25) is 6.79 Å². The first-order chi connectivity index (χ1) is 11.3. The number of thiazole rings is 1. The molecule has 0 amide bonds. The Labute approximate surface area is 135 Å². The molecule has 1 N–H and O–H groups in total. The molecular formula is C14H7F3N2O4S. The van der Waals surface area contributed by atoms with Gasteiger partial charge in [-0.3, -0.25) is 4.40 Å². The molecule has 0 atom stereocenters. The number of benzene rings is 1. The minimum atomic E-state index is -4.81.